The summed E-state index contributed by atoms with van der Waals surface area (Å²) in [5.41, 5.74) is -0.425. The first kappa shape index (κ1) is 25.0. The average molecular weight is 518 g/mol. The average Bonchev–Trinajstić information content (AvgIpc) is 3.17. The molecule has 6 atom stereocenters. The van der Waals surface area contributed by atoms with Crippen LogP contribution < -0.4 is 4.74 Å². The summed E-state index contributed by atoms with van der Waals surface area (Å²) in [7, 11) is 0. The Balaban J connectivity index is 1.34. The third-order valence-corrected chi connectivity index (χ3v) is 8.02. The van der Waals surface area contributed by atoms with Gasteiger partial charge in [0, 0.05) is 5.56 Å². The van der Waals surface area contributed by atoms with Gasteiger partial charge in [0.05, 0.1) is 23.9 Å². The van der Waals surface area contributed by atoms with Crippen LogP contribution in [0.5, 0.6) is 11.5 Å². The van der Waals surface area contributed by atoms with Crippen molar-refractivity contribution in [2.45, 2.75) is 74.3 Å². The summed E-state index contributed by atoms with van der Waals surface area (Å²) in [6.07, 6.45) is -2.47. The van der Waals surface area contributed by atoms with Crippen molar-refractivity contribution in [2.24, 2.45) is 5.92 Å². The van der Waals surface area contributed by atoms with Crippen molar-refractivity contribution in [3.05, 3.63) is 35.1 Å². The van der Waals surface area contributed by atoms with E-state index in [0.717, 1.165) is 24.0 Å². The fourth-order valence-electron chi connectivity index (χ4n) is 6.50. The van der Waals surface area contributed by atoms with Gasteiger partial charge in [0.15, 0.2) is 23.7 Å². The van der Waals surface area contributed by atoms with E-state index in [1.165, 1.54) is 6.07 Å². The maximum atomic E-state index is 12.7. The van der Waals surface area contributed by atoms with Crippen LogP contribution in [0.2, 0.25) is 0 Å². The molecule has 0 saturated heterocycles. The summed E-state index contributed by atoms with van der Waals surface area (Å²) in [4.78, 5) is 46.6. The molecule has 1 spiro atoms. The van der Waals surface area contributed by atoms with Crippen molar-refractivity contribution in [1.82, 2.24) is 0 Å². The van der Waals surface area contributed by atoms with Crippen LogP contribution in [-0.4, -0.2) is 73.3 Å². The number of phenolic OH excluding ortho intramolecular Hbond substituents is 1. The van der Waals surface area contributed by atoms with Crippen molar-refractivity contribution in [2.75, 3.05) is 0 Å². The van der Waals surface area contributed by atoms with E-state index in [4.69, 9.17) is 19.7 Å². The molecule has 5 rings (SSSR count). The lowest BCUT2D eigenvalue weighted by Gasteiger charge is -2.59. The maximum absolute atomic E-state index is 12.7. The third-order valence-electron chi connectivity index (χ3n) is 8.02. The molecule has 1 saturated carbocycles. The SMILES string of the molecule is O=C(O)C[C@@H](OC(=O)[C@@H](O)CC(=O)OC1=CC[C@@]2(O)[C@@H]3CCC[C@@]24c2c(ccc(O)c2O[C@@H]14)C3)C(=O)O. The lowest BCUT2D eigenvalue weighted by molar-refractivity contribution is -0.175. The zero-order valence-corrected chi connectivity index (χ0v) is 19.6. The topological polar surface area (TPSA) is 197 Å². The molecule has 12 heteroatoms. The summed E-state index contributed by atoms with van der Waals surface area (Å²) in [5, 5.41) is 50.3. The van der Waals surface area contributed by atoms with E-state index >= 15 is 0 Å². The van der Waals surface area contributed by atoms with E-state index in [1.807, 2.05) is 6.07 Å². The zero-order chi connectivity index (χ0) is 26.7. The summed E-state index contributed by atoms with van der Waals surface area (Å²) in [6, 6.07) is 3.36. The molecule has 4 aliphatic rings. The normalized spacial score (nSPS) is 30.2. The number of benzene rings is 1. The van der Waals surface area contributed by atoms with E-state index in [2.05, 4.69) is 4.74 Å². The van der Waals surface area contributed by atoms with Crippen molar-refractivity contribution in [1.29, 1.82) is 0 Å². The van der Waals surface area contributed by atoms with Gasteiger partial charge in [0.2, 0.25) is 6.10 Å². The van der Waals surface area contributed by atoms with Crippen LogP contribution in [0, 0.1) is 5.92 Å². The molecule has 1 aliphatic heterocycles. The van der Waals surface area contributed by atoms with Crippen molar-refractivity contribution >= 4 is 23.9 Å². The number of esters is 2. The molecule has 0 unspecified atom stereocenters. The van der Waals surface area contributed by atoms with Gasteiger partial charge in [-0.2, -0.15) is 0 Å². The number of carboxylic acids is 2. The van der Waals surface area contributed by atoms with Crippen LogP contribution in [0.3, 0.4) is 0 Å². The number of carbonyl (C=O) groups is 4. The molecule has 3 aliphatic carbocycles. The number of aliphatic hydroxyl groups is 2. The fraction of sp³-hybridized carbons (Fsp3) is 0.520. The van der Waals surface area contributed by atoms with Crippen LogP contribution >= 0.6 is 0 Å². The molecule has 0 radical (unpaired) electrons. The number of carboxylic acid groups (broad SMARTS) is 2. The van der Waals surface area contributed by atoms with E-state index in [9.17, 15) is 34.5 Å². The minimum atomic E-state index is -2.10. The van der Waals surface area contributed by atoms with Crippen LogP contribution in [0.4, 0.5) is 0 Å². The number of aliphatic hydroxyl groups excluding tert-OH is 1. The predicted molar refractivity (Wildman–Crippen MR) is 119 cm³/mol. The largest absolute Gasteiger partial charge is 0.504 e. The second kappa shape index (κ2) is 8.73. The highest BCUT2D eigenvalue weighted by Gasteiger charge is 2.70. The minimum Gasteiger partial charge on any atom is -0.504 e. The van der Waals surface area contributed by atoms with E-state index in [-0.39, 0.29) is 29.6 Å². The number of rotatable bonds is 8. The summed E-state index contributed by atoms with van der Waals surface area (Å²) >= 11 is 0. The van der Waals surface area contributed by atoms with Gasteiger partial charge in [-0.25, -0.2) is 9.59 Å². The second-order valence-electron chi connectivity index (χ2n) is 10.0. The smallest absolute Gasteiger partial charge is 0.345 e. The monoisotopic (exact) mass is 518 g/mol. The van der Waals surface area contributed by atoms with Crippen LogP contribution in [0.1, 0.15) is 49.7 Å². The Bertz CT molecular complexity index is 1220. The number of aromatic hydroxyl groups is 1. The molecule has 2 bridgehead atoms. The Labute approximate surface area is 210 Å². The lowest BCUT2D eigenvalue weighted by atomic mass is 9.47. The first-order valence-electron chi connectivity index (χ1n) is 12.0. The Kier molecular flexibility index (Phi) is 5.91. The molecule has 1 heterocycles. The van der Waals surface area contributed by atoms with Gasteiger partial charge < -0.3 is 39.7 Å². The Morgan fingerprint density at radius 3 is 2.62 bits per heavy atom. The second-order valence-corrected chi connectivity index (χ2v) is 10.0. The third kappa shape index (κ3) is 3.74. The number of phenols is 1. The first-order valence-corrected chi connectivity index (χ1v) is 12.0. The molecular weight excluding hydrogens is 492 g/mol. The highest BCUT2D eigenvalue weighted by molar-refractivity contribution is 5.86. The van der Waals surface area contributed by atoms with Crippen LogP contribution in [-0.2, 0) is 40.5 Å². The minimum absolute atomic E-state index is 0.0478. The molecule has 1 aromatic rings. The van der Waals surface area contributed by atoms with Crippen molar-refractivity contribution in [3.8, 4) is 11.5 Å². The highest BCUT2D eigenvalue weighted by Crippen LogP contribution is 2.67. The number of carbonyl (C=O) groups excluding carboxylic acids is 2. The van der Waals surface area contributed by atoms with Gasteiger partial charge in [0.1, 0.15) is 5.76 Å². The summed E-state index contributed by atoms with van der Waals surface area (Å²) in [6.45, 7) is 0. The highest BCUT2D eigenvalue weighted by atomic mass is 16.6. The molecule has 37 heavy (non-hydrogen) atoms. The number of aliphatic carboxylic acids is 2. The van der Waals surface area contributed by atoms with Gasteiger partial charge in [-0.05, 0) is 49.3 Å². The molecule has 198 valence electrons. The van der Waals surface area contributed by atoms with Crippen LogP contribution in [0.25, 0.3) is 0 Å². The Morgan fingerprint density at radius 1 is 1.16 bits per heavy atom. The van der Waals surface area contributed by atoms with E-state index in [1.54, 1.807) is 6.08 Å². The van der Waals surface area contributed by atoms with Crippen LogP contribution in [0.15, 0.2) is 24.0 Å². The molecule has 12 nitrogen and oxygen atoms in total. The molecule has 1 aromatic carbocycles. The quantitative estimate of drug-likeness (QED) is 0.300. The van der Waals surface area contributed by atoms with Gasteiger partial charge >= 0.3 is 23.9 Å². The number of hydrogen-bond donors (Lipinski definition) is 5. The fourth-order valence-corrected chi connectivity index (χ4v) is 6.50. The summed E-state index contributed by atoms with van der Waals surface area (Å²) < 4.78 is 16.1. The Morgan fingerprint density at radius 2 is 1.92 bits per heavy atom. The molecule has 0 aromatic heterocycles. The molecule has 0 amide bonds. The lowest BCUT2D eigenvalue weighted by Crippen LogP contribution is -2.67. The number of ether oxygens (including phenoxy) is 3. The number of hydrogen-bond acceptors (Lipinski definition) is 10. The zero-order valence-electron chi connectivity index (χ0n) is 19.6. The van der Waals surface area contributed by atoms with Crippen molar-refractivity contribution in [3.63, 3.8) is 0 Å². The first-order chi connectivity index (χ1) is 17.5. The molecular formula is C25H26O12. The van der Waals surface area contributed by atoms with Crippen molar-refractivity contribution < 1.29 is 58.9 Å². The van der Waals surface area contributed by atoms with Gasteiger partial charge in [-0.15, -0.1) is 0 Å². The van der Waals surface area contributed by atoms with E-state index < -0.39 is 66.0 Å². The molecule has 5 N–H and O–H groups in total. The Hall–Kier alpha value is -3.64. The van der Waals surface area contributed by atoms with Gasteiger partial charge in [-0.1, -0.05) is 12.5 Å². The van der Waals surface area contributed by atoms with Gasteiger partial charge in [-0.3, -0.25) is 9.59 Å². The molecule has 1 fully saturated rings. The standard InChI is InChI=1S/C25H26O12/c26-13-4-3-11-8-12-2-1-6-24-19(11)20(13)37-21(24)15(5-7-25(12,24)34)35-18(30)9-14(27)23(33)36-16(22(31)32)10-17(28)29/h3-5,12,14,16,21,26-27,34H,1-2,6-10H2,(H,28,29)(H,31,32)/t12-,14+,16-,21+,24+,25-/m1/s1. The predicted octanol–water partition coefficient (Wildman–Crippen LogP) is 0.531. The summed E-state index contributed by atoms with van der Waals surface area (Å²) in [5.74, 6) is -5.60. The van der Waals surface area contributed by atoms with E-state index in [0.29, 0.717) is 12.8 Å². The maximum Gasteiger partial charge on any atom is 0.345 e. The van der Waals surface area contributed by atoms with Gasteiger partial charge in [0.25, 0.3) is 0 Å².